The zero-order chi connectivity index (χ0) is 29.6. The molecule has 0 aliphatic carbocycles. The Balaban J connectivity index is 1.81. The third-order valence-electron chi connectivity index (χ3n) is 7.34. The van der Waals surface area contributed by atoms with E-state index in [1.54, 1.807) is 12.1 Å². The normalized spacial score (nSPS) is 15.1. The average molecular weight is 561 g/mol. The van der Waals surface area contributed by atoms with Crippen LogP contribution in [-0.4, -0.2) is 41.7 Å². The first-order valence-electron chi connectivity index (χ1n) is 14.6. The molecule has 0 radical (unpaired) electrons. The van der Waals surface area contributed by atoms with Crippen molar-refractivity contribution in [3.05, 3.63) is 88.7 Å². The van der Waals surface area contributed by atoms with Gasteiger partial charge in [-0.2, -0.15) is 0 Å². The minimum absolute atomic E-state index is 0.0380. The van der Waals surface area contributed by atoms with Gasteiger partial charge in [-0.15, -0.1) is 0 Å². The number of benzene rings is 2. The summed E-state index contributed by atoms with van der Waals surface area (Å²) in [4.78, 5) is 25.2. The van der Waals surface area contributed by atoms with E-state index < -0.39 is 6.61 Å². The molecule has 1 atom stereocenters. The minimum atomic E-state index is -0.406. The number of carbonyl (C=O) groups excluding carboxylic acids is 2. The number of hydrogen-bond donors (Lipinski definition) is 4. The Bertz CT molecular complexity index is 1260. The number of ketones is 2. The van der Waals surface area contributed by atoms with Gasteiger partial charge in [0.1, 0.15) is 5.78 Å². The molecule has 1 aliphatic heterocycles. The molecule has 7 nitrogen and oxygen atoms in total. The predicted octanol–water partition coefficient (Wildman–Crippen LogP) is 5.54. The highest BCUT2D eigenvalue weighted by Gasteiger charge is 2.20. The van der Waals surface area contributed by atoms with Gasteiger partial charge < -0.3 is 26.0 Å². The number of phenolic OH excluding ortho intramolecular Hbond substituents is 1. The Kier molecular flexibility index (Phi) is 12.9. The summed E-state index contributed by atoms with van der Waals surface area (Å²) in [5, 5.41) is 24.1. The van der Waals surface area contributed by atoms with Crippen LogP contribution in [0.15, 0.2) is 72.0 Å². The predicted molar refractivity (Wildman–Crippen MR) is 163 cm³/mol. The monoisotopic (exact) mass is 560 g/mol. The number of aliphatic hydroxyl groups is 1. The Morgan fingerprint density at radius 1 is 1.05 bits per heavy atom. The Labute approximate surface area is 243 Å². The number of aryl methyl sites for hydroxylation is 1. The first kappa shape index (κ1) is 31.8. The molecule has 0 aromatic heterocycles. The number of carbonyl (C=O) groups is 2. The van der Waals surface area contributed by atoms with Crippen LogP contribution in [0.1, 0.15) is 75.0 Å². The molecule has 0 saturated carbocycles. The van der Waals surface area contributed by atoms with Gasteiger partial charge in [-0.05, 0) is 83.4 Å². The fourth-order valence-electron chi connectivity index (χ4n) is 5.08. The molecule has 1 unspecified atom stereocenters. The average Bonchev–Trinajstić information content (AvgIpc) is 2.96. The third-order valence-corrected chi connectivity index (χ3v) is 7.34. The van der Waals surface area contributed by atoms with Crippen molar-refractivity contribution in [1.82, 2.24) is 5.32 Å². The molecule has 0 spiro atoms. The molecule has 0 saturated heterocycles. The number of nitrogens with two attached hydrogens (primary N) is 1. The summed E-state index contributed by atoms with van der Waals surface area (Å²) in [6.07, 6.45) is 12.3. The fraction of sp³-hybridized carbons (Fsp3) is 0.412. The molecule has 220 valence electrons. The second-order valence-electron chi connectivity index (χ2n) is 10.6. The van der Waals surface area contributed by atoms with Crippen LogP contribution in [0.5, 0.6) is 11.5 Å². The number of dihydropyridines is 1. The highest BCUT2D eigenvalue weighted by molar-refractivity contribution is 6.07. The zero-order valence-corrected chi connectivity index (χ0v) is 24.3. The molecular weight excluding hydrogens is 516 g/mol. The number of aliphatic hydroxyl groups excluding tert-OH is 1. The number of rotatable bonds is 17. The van der Waals surface area contributed by atoms with Crippen LogP contribution >= 0.6 is 0 Å². The smallest absolute Gasteiger partial charge is 0.163 e. The number of phenols is 1. The third kappa shape index (κ3) is 10.0. The number of Topliss-reactive ketones (excluding diaryl/α,β-unsaturated/α-hetero) is 1. The number of aromatic hydroxyl groups is 1. The standard InChI is InChI=1S/C34H44N2O5/c1-3-4-5-6-10-13-29(38)20-30(39)17-28(23-37)31-21-33(41-2)32(40)18-26(31)16-27-22-36-34(35)19-25(27)15-14-24-11-8-7-9-12-24/h7-9,11-12,17-19,21-22,34,36-37,40H,3-6,10,13-16,20,23,35H2,1-2H3. The van der Waals surface area contributed by atoms with Crippen molar-refractivity contribution < 1.29 is 24.5 Å². The molecule has 7 heteroatoms. The maximum absolute atomic E-state index is 12.8. The van der Waals surface area contributed by atoms with Crippen LogP contribution in [0.25, 0.3) is 5.57 Å². The molecular formula is C34H44N2O5. The van der Waals surface area contributed by atoms with Crippen molar-refractivity contribution in [3.8, 4) is 11.5 Å². The van der Waals surface area contributed by atoms with E-state index in [2.05, 4.69) is 24.4 Å². The number of methoxy groups -OCH3 is 1. The highest BCUT2D eigenvalue weighted by Crippen LogP contribution is 2.35. The molecule has 0 amide bonds. The second kappa shape index (κ2) is 16.6. The van der Waals surface area contributed by atoms with E-state index in [-0.39, 0.29) is 35.7 Å². The van der Waals surface area contributed by atoms with E-state index in [1.165, 1.54) is 18.7 Å². The molecule has 0 fully saturated rings. The van der Waals surface area contributed by atoms with Gasteiger partial charge in [0.25, 0.3) is 0 Å². The number of ether oxygens (including phenoxy) is 1. The van der Waals surface area contributed by atoms with Gasteiger partial charge in [0, 0.05) is 12.6 Å². The van der Waals surface area contributed by atoms with E-state index in [0.717, 1.165) is 56.1 Å². The van der Waals surface area contributed by atoms with Crippen LogP contribution < -0.4 is 15.8 Å². The van der Waals surface area contributed by atoms with Crippen LogP contribution in [-0.2, 0) is 22.4 Å². The molecule has 41 heavy (non-hydrogen) atoms. The lowest BCUT2D eigenvalue weighted by atomic mass is 9.88. The quantitative estimate of drug-likeness (QED) is 0.114. The first-order chi connectivity index (χ1) is 19.8. The summed E-state index contributed by atoms with van der Waals surface area (Å²) in [5.41, 5.74) is 11.1. The van der Waals surface area contributed by atoms with Gasteiger partial charge in [-0.25, -0.2) is 0 Å². The SMILES string of the molecule is CCCCCCCC(=O)CC(=O)C=C(CO)c1cc(OC)c(O)cc1CC1=CNC(N)C=C1CCc1ccccc1. The van der Waals surface area contributed by atoms with Crippen molar-refractivity contribution in [2.45, 2.75) is 77.3 Å². The lowest BCUT2D eigenvalue weighted by molar-refractivity contribution is -0.124. The molecule has 2 aromatic rings. The Morgan fingerprint density at radius 3 is 2.51 bits per heavy atom. The summed E-state index contributed by atoms with van der Waals surface area (Å²) >= 11 is 0. The number of nitrogens with one attached hydrogen (secondary N) is 1. The van der Waals surface area contributed by atoms with Gasteiger partial charge in [-0.3, -0.25) is 9.59 Å². The molecule has 2 aromatic carbocycles. The van der Waals surface area contributed by atoms with E-state index in [1.807, 2.05) is 30.5 Å². The van der Waals surface area contributed by atoms with Crippen LogP contribution in [0.2, 0.25) is 0 Å². The second-order valence-corrected chi connectivity index (χ2v) is 10.6. The molecule has 1 aliphatic rings. The maximum Gasteiger partial charge on any atom is 0.163 e. The summed E-state index contributed by atoms with van der Waals surface area (Å²) in [5.74, 6) is -0.245. The Hall–Kier alpha value is -3.68. The maximum atomic E-state index is 12.8. The van der Waals surface area contributed by atoms with Crippen molar-refractivity contribution >= 4 is 17.1 Å². The molecule has 0 bridgehead atoms. The summed E-state index contributed by atoms with van der Waals surface area (Å²) in [6, 6.07) is 13.5. The topological polar surface area (TPSA) is 122 Å². The fourth-order valence-corrected chi connectivity index (χ4v) is 5.08. The van der Waals surface area contributed by atoms with Crippen LogP contribution in [0.3, 0.4) is 0 Å². The Morgan fingerprint density at radius 2 is 1.80 bits per heavy atom. The number of allylic oxidation sites excluding steroid dienone is 3. The van der Waals surface area contributed by atoms with Crippen LogP contribution in [0, 0.1) is 0 Å². The molecule has 5 N–H and O–H groups in total. The summed E-state index contributed by atoms with van der Waals surface area (Å²) in [6.45, 7) is 1.74. The minimum Gasteiger partial charge on any atom is -0.504 e. The van der Waals surface area contributed by atoms with Gasteiger partial charge in [-0.1, -0.05) is 62.9 Å². The van der Waals surface area contributed by atoms with Gasteiger partial charge >= 0.3 is 0 Å². The molecule has 1 heterocycles. The highest BCUT2D eigenvalue weighted by atomic mass is 16.5. The number of unbranched alkanes of at least 4 members (excludes halogenated alkanes) is 4. The van der Waals surface area contributed by atoms with Crippen molar-refractivity contribution in [3.63, 3.8) is 0 Å². The number of hydrogen-bond acceptors (Lipinski definition) is 7. The largest absolute Gasteiger partial charge is 0.504 e. The first-order valence-corrected chi connectivity index (χ1v) is 14.6. The van der Waals surface area contributed by atoms with Crippen LogP contribution in [0.4, 0.5) is 0 Å². The van der Waals surface area contributed by atoms with E-state index in [4.69, 9.17) is 10.5 Å². The van der Waals surface area contributed by atoms with Gasteiger partial charge in [0.05, 0.1) is 26.3 Å². The van der Waals surface area contributed by atoms with Crippen molar-refractivity contribution in [2.75, 3.05) is 13.7 Å². The van der Waals surface area contributed by atoms with Crippen molar-refractivity contribution in [1.29, 1.82) is 0 Å². The lowest BCUT2D eigenvalue weighted by Crippen LogP contribution is -2.35. The summed E-state index contributed by atoms with van der Waals surface area (Å²) in [7, 11) is 1.45. The summed E-state index contributed by atoms with van der Waals surface area (Å²) < 4.78 is 5.34. The molecule has 3 rings (SSSR count). The van der Waals surface area contributed by atoms with E-state index in [9.17, 15) is 19.8 Å². The zero-order valence-electron chi connectivity index (χ0n) is 24.3. The van der Waals surface area contributed by atoms with Crippen molar-refractivity contribution in [2.24, 2.45) is 5.73 Å². The van der Waals surface area contributed by atoms with Gasteiger partial charge in [0.2, 0.25) is 0 Å². The van der Waals surface area contributed by atoms with E-state index >= 15 is 0 Å². The van der Waals surface area contributed by atoms with Gasteiger partial charge in [0.15, 0.2) is 17.3 Å². The van der Waals surface area contributed by atoms with E-state index in [0.29, 0.717) is 29.5 Å². The lowest BCUT2D eigenvalue weighted by Gasteiger charge is -2.23.